The zero-order valence-corrected chi connectivity index (χ0v) is 12.6. The first-order valence-corrected chi connectivity index (χ1v) is 7.02. The number of hydrogen-bond acceptors (Lipinski definition) is 2. The number of halogens is 2. The van der Waals surface area contributed by atoms with E-state index in [9.17, 15) is 8.78 Å². The molecular weight excluding hydrogens is 286 g/mol. The Kier molecular flexibility index (Phi) is 3.56. The van der Waals surface area contributed by atoms with E-state index in [-0.39, 0.29) is 11.5 Å². The number of nitrogens with one attached hydrogen (secondary N) is 1. The highest BCUT2D eigenvalue weighted by Gasteiger charge is 2.17. The number of nitrogens with zero attached hydrogens (tertiary/aromatic N) is 1. The van der Waals surface area contributed by atoms with Crippen LogP contribution >= 0.6 is 0 Å². The van der Waals surface area contributed by atoms with Crippen molar-refractivity contribution >= 4 is 10.9 Å². The van der Waals surface area contributed by atoms with Crippen molar-refractivity contribution in [1.29, 1.82) is 0 Å². The number of aromatic nitrogens is 2. The highest BCUT2D eigenvalue weighted by atomic mass is 19.1. The van der Waals surface area contributed by atoms with Gasteiger partial charge >= 0.3 is 0 Å². The number of hydrogen-bond donors (Lipinski definition) is 1. The summed E-state index contributed by atoms with van der Waals surface area (Å²) in [6.07, 6.45) is 1.62. The van der Waals surface area contributed by atoms with Crippen LogP contribution in [0.2, 0.25) is 0 Å². The van der Waals surface area contributed by atoms with E-state index in [2.05, 4.69) is 10.2 Å². The van der Waals surface area contributed by atoms with Gasteiger partial charge in [0, 0.05) is 10.9 Å². The van der Waals surface area contributed by atoms with Crippen LogP contribution < -0.4 is 4.74 Å². The van der Waals surface area contributed by atoms with Crippen LogP contribution in [0.3, 0.4) is 0 Å². The number of benzene rings is 2. The molecule has 2 aromatic carbocycles. The Hall–Kier alpha value is -2.43. The molecule has 3 rings (SSSR count). The number of H-pyrrole nitrogens is 1. The van der Waals surface area contributed by atoms with Crippen LogP contribution in [0.1, 0.15) is 25.3 Å². The molecule has 114 valence electrons. The maximum atomic E-state index is 14.2. The van der Waals surface area contributed by atoms with E-state index in [1.165, 1.54) is 12.1 Å². The van der Waals surface area contributed by atoms with Crippen LogP contribution in [0, 0.1) is 11.6 Å². The van der Waals surface area contributed by atoms with Gasteiger partial charge in [-0.3, -0.25) is 5.10 Å². The fourth-order valence-corrected chi connectivity index (χ4v) is 2.72. The van der Waals surface area contributed by atoms with Crippen LogP contribution in [0.4, 0.5) is 8.78 Å². The van der Waals surface area contributed by atoms with Gasteiger partial charge in [0.25, 0.3) is 0 Å². The standard InChI is InChI=1S/C17H16F2N2O/c1-9(2)16-13(18)6-10(7-14(16)19)11-4-5-15(22-3)17-12(11)8-20-21-17/h4-9H,1-3H3,(H,20,21). The highest BCUT2D eigenvalue weighted by molar-refractivity contribution is 5.97. The van der Waals surface area contributed by atoms with Gasteiger partial charge in [-0.05, 0) is 41.3 Å². The quantitative estimate of drug-likeness (QED) is 0.765. The van der Waals surface area contributed by atoms with Gasteiger partial charge in [0.15, 0.2) is 0 Å². The van der Waals surface area contributed by atoms with Gasteiger partial charge in [0.05, 0.1) is 13.3 Å². The van der Waals surface area contributed by atoms with Crippen LogP contribution in [0.15, 0.2) is 30.5 Å². The minimum atomic E-state index is -0.530. The molecule has 1 N–H and O–H groups in total. The molecular formula is C17H16F2N2O. The van der Waals surface area contributed by atoms with E-state index in [1.54, 1.807) is 39.3 Å². The first-order chi connectivity index (χ1) is 10.5. The van der Waals surface area contributed by atoms with Gasteiger partial charge < -0.3 is 4.74 Å². The molecule has 0 fully saturated rings. The van der Waals surface area contributed by atoms with E-state index in [4.69, 9.17) is 4.74 Å². The molecule has 3 nitrogen and oxygen atoms in total. The molecule has 1 heterocycles. The van der Waals surface area contributed by atoms with Crippen molar-refractivity contribution in [2.45, 2.75) is 19.8 Å². The third kappa shape index (κ3) is 2.22. The van der Waals surface area contributed by atoms with Crippen molar-refractivity contribution in [2.75, 3.05) is 7.11 Å². The Balaban J connectivity index is 2.23. The number of fused-ring (bicyclic) bond motifs is 1. The minimum Gasteiger partial charge on any atom is -0.494 e. The van der Waals surface area contributed by atoms with E-state index in [0.717, 1.165) is 5.39 Å². The molecule has 5 heteroatoms. The molecule has 1 aromatic heterocycles. The average Bonchev–Trinajstić information content (AvgIpc) is 2.94. The van der Waals surface area contributed by atoms with Gasteiger partial charge in [-0.2, -0.15) is 5.10 Å². The fraction of sp³-hybridized carbons (Fsp3) is 0.235. The zero-order valence-electron chi connectivity index (χ0n) is 12.6. The van der Waals surface area contributed by atoms with Crippen LogP contribution in [0.5, 0.6) is 5.75 Å². The smallest absolute Gasteiger partial charge is 0.144 e. The summed E-state index contributed by atoms with van der Waals surface area (Å²) in [4.78, 5) is 0. The number of ether oxygens (including phenoxy) is 1. The largest absolute Gasteiger partial charge is 0.494 e. The zero-order chi connectivity index (χ0) is 15.9. The van der Waals surface area contributed by atoms with E-state index >= 15 is 0 Å². The van der Waals surface area contributed by atoms with Gasteiger partial charge in [-0.15, -0.1) is 0 Å². The highest BCUT2D eigenvalue weighted by Crippen LogP contribution is 2.35. The maximum Gasteiger partial charge on any atom is 0.144 e. The average molecular weight is 302 g/mol. The summed E-state index contributed by atoms with van der Waals surface area (Å²) in [5.74, 6) is -0.634. The second kappa shape index (κ2) is 5.40. The lowest BCUT2D eigenvalue weighted by molar-refractivity contribution is 0.419. The summed E-state index contributed by atoms with van der Waals surface area (Å²) in [6, 6.07) is 6.27. The predicted octanol–water partition coefficient (Wildman–Crippen LogP) is 4.64. The molecule has 0 bridgehead atoms. The Morgan fingerprint density at radius 1 is 1.14 bits per heavy atom. The van der Waals surface area contributed by atoms with Crippen molar-refractivity contribution in [3.05, 3.63) is 47.7 Å². The molecule has 0 aliphatic heterocycles. The molecule has 0 aliphatic rings. The molecule has 0 saturated carbocycles. The van der Waals surface area contributed by atoms with Gasteiger partial charge in [0.1, 0.15) is 22.9 Å². The second-order valence-electron chi connectivity index (χ2n) is 5.48. The second-order valence-corrected chi connectivity index (χ2v) is 5.48. The van der Waals surface area contributed by atoms with Crippen molar-refractivity contribution in [2.24, 2.45) is 0 Å². The molecule has 0 amide bonds. The summed E-state index contributed by atoms with van der Waals surface area (Å²) in [5, 5.41) is 7.60. The number of methoxy groups -OCH3 is 1. The molecule has 0 radical (unpaired) electrons. The molecule has 0 aliphatic carbocycles. The predicted molar refractivity (Wildman–Crippen MR) is 82.1 cm³/mol. The molecule has 3 aromatic rings. The first-order valence-electron chi connectivity index (χ1n) is 7.02. The van der Waals surface area contributed by atoms with Gasteiger partial charge in [-0.1, -0.05) is 13.8 Å². The van der Waals surface area contributed by atoms with E-state index in [1.807, 2.05) is 0 Å². The molecule has 0 spiro atoms. The molecule has 22 heavy (non-hydrogen) atoms. The molecule has 0 unspecified atom stereocenters. The van der Waals surface area contributed by atoms with Crippen molar-refractivity contribution in [3.63, 3.8) is 0 Å². The lowest BCUT2D eigenvalue weighted by Gasteiger charge is -2.12. The summed E-state index contributed by atoms with van der Waals surface area (Å²) in [6.45, 7) is 3.53. The van der Waals surface area contributed by atoms with Crippen molar-refractivity contribution in [1.82, 2.24) is 10.2 Å². The van der Waals surface area contributed by atoms with E-state index in [0.29, 0.717) is 22.4 Å². The Morgan fingerprint density at radius 3 is 2.41 bits per heavy atom. The number of aromatic amines is 1. The number of rotatable bonds is 3. The summed E-state index contributed by atoms with van der Waals surface area (Å²) < 4.78 is 33.7. The Labute approximate surface area is 126 Å². The maximum absolute atomic E-state index is 14.2. The lowest BCUT2D eigenvalue weighted by Crippen LogP contribution is -1.99. The molecule has 0 saturated heterocycles. The fourth-order valence-electron chi connectivity index (χ4n) is 2.72. The van der Waals surface area contributed by atoms with Crippen LogP contribution in [0.25, 0.3) is 22.0 Å². The topological polar surface area (TPSA) is 37.9 Å². The normalized spacial score (nSPS) is 11.4. The summed E-state index contributed by atoms with van der Waals surface area (Å²) >= 11 is 0. The van der Waals surface area contributed by atoms with Crippen molar-refractivity contribution in [3.8, 4) is 16.9 Å². The third-order valence-corrected chi connectivity index (χ3v) is 3.76. The first kappa shape index (κ1) is 14.5. The monoisotopic (exact) mass is 302 g/mol. The van der Waals surface area contributed by atoms with Crippen LogP contribution in [-0.4, -0.2) is 17.3 Å². The summed E-state index contributed by atoms with van der Waals surface area (Å²) in [7, 11) is 1.56. The van der Waals surface area contributed by atoms with Crippen LogP contribution in [-0.2, 0) is 0 Å². The molecule has 0 atom stereocenters. The summed E-state index contributed by atoms with van der Waals surface area (Å²) in [5.41, 5.74) is 2.00. The SMILES string of the molecule is COc1ccc(-c2cc(F)c(C(C)C)c(F)c2)c2cn[nH]c12. The Bertz CT molecular complexity index is 817. The Morgan fingerprint density at radius 2 is 1.82 bits per heavy atom. The minimum absolute atomic E-state index is 0.112. The van der Waals surface area contributed by atoms with Gasteiger partial charge in [-0.25, -0.2) is 8.78 Å². The van der Waals surface area contributed by atoms with Crippen molar-refractivity contribution < 1.29 is 13.5 Å². The lowest BCUT2D eigenvalue weighted by atomic mass is 9.95. The third-order valence-electron chi connectivity index (χ3n) is 3.76. The van der Waals surface area contributed by atoms with Gasteiger partial charge in [0.2, 0.25) is 0 Å². The van der Waals surface area contributed by atoms with E-state index < -0.39 is 11.6 Å².